The minimum absolute atomic E-state index is 0.0658. The molecule has 1 heterocycles. The fourth-order valence-electron chi connectivity index (χ4n) is 4.56. The standard InChI is InChI=1S/C23H30F2O6/c24-15-5-9-19(25)22(10-15)31-13-16(26)6-8-17-18-7-4-14(2-1-3-23(28)29)12-30-21(18)11-20(17)27/h5-6,8-10,14,16-18,20-21,26-27H,1-4,7,11-13H2,(H,28,29)/b8-6+/t14-,16?,17+,18+,20+,21-/m0/s1. The van der Waals surface area contributed by atoms with Gasteiger partial charge >= 0.3 is 5.97 Å². The van der Waals surface area contributed by atoms with Crippen LogP contribution < -0.4 is 4.74 Å². The third kappa shape index (κ3) is 6.72. The highest BCUT2D eigenvalue weighted by Crippen LogP contribution is 2.42. The minimum Gasteiger partial charge on any atom is -0.487 e. The summed E-state index contributed by atoms with van der Waals surface area (Å²) in [4.78, 5) is 10.7. The van der Waals surface area contributed by atoms with Gasteiger partial charge in [0.05, 0.1) is 12.2 Å². The molecule has 1 saturated carbocycles. The molecule has 0 aromatic heterocycles. The highest BCUT2D eigenvalue weighted by molar-refractivity contribution is 5.66. The molecule has 31 heavy (non-hydrogen) atoms. The molecule has 8 heteroatoms. The third-order valence-corrected chi connectivity index (χ3v) is 6.21. The number of fused-ring (bicyclic) bond motifs is 1. The molecule has 1 aromatic carbocycles. The SMILES string of the molecule is O=C(O)CCC[C@H]1CC[C@@H]2[C@@H](/C=C/C(O)COc3cc(F)ccc3F)[C@H](O)C[C@@H]2OC1. The van der Waals surface area contributed by atoms with E-state index in [9.17, 15) is 23.8 Å². The highest BCUT2D eigenvalue weighted by Gasteiger charge is 2.43. The number of carboxylic acid groups (broad SMARTS) is 1. The lowest BCUT2D eigenvalue weighted by molar-refractivity contribution is -0.137. The van der Waals surface area contributed by atoms with E-state index < -0.39 is 29.8 Å². The Kier molecular flexibility index (Phi) is 8.40. The lowest BCUT2D eigenvalue weighted by Gasteiger charge is -2.21. The van der Waals surface area contributed by atoms with E-state index in [0.717, 1.165) is 37.5 Å². The van der Waals surface area contributed by atoms with Crippen LogP contribution in [0.1, 0.15) is 38.5 Å². The Bertz CT molecular complexity index is 770. The first-order chi connectivity index (χ1) is 14.8. The number of halogens is 2. The number of carboxylic acids is 1. The second-order valence-corrected chi connectivity index (χ2v) is 8.48. The Morgan fingerprint density at radius 1 is 1.32 bits per heavy atom. The first-order valence-electron chi connectivity index (χ1n) is 10.8. The summed E-state index contributed by atoms with van der Waals surface area (Å²) in [5.41, 5.74) is 0. The molecule has 1 aliphatic carbocycles. The van der Waals surface area contributed by atoms with E-state index in [-0.39, 0.29) is 36.7 Å². The predicted molar refractivity (Wildman–Crippen MR) is 109 cm³/mol. The molecule has 1 aliphatic heterocycles. The van der Waals surface area contributed by atoms with Crippen molar-refractivity contribution in [3.05, 3.63) is 42.0 Å². The molecule has 2 fully saturated rings. The van der Waals surface area contributed by atoms with Gasteiger partial charge in [0.1, 0.15) is 18.5 Å². The number of aliphatic hydroxyl groups excluding tert-OH is 2. The summed E-state index contributed by atoms with van der Waals surface area (Å²) < 4.78 is 38.0. The zero-order valence-corrected chi connectivity index (χ0v) is 17.3. The summed E-state index contributed by atoms with van der Waals surface area (Å²) in [6.45, 7) is 0.329. The molecule has 6 nitrogen and oxygen atoms in total. The summed E-state index contributed by atoms with van der Waals surface area (Å²) in [6.07, 6.45) is 5.47. The van der Waals surface area contributed by atoms with Crippen molar-refractivity contribution < 1.29 is 38.4 Å². The quantitative estimate of drug-likeness (QED) is 0.510. The molecule has 3 N–H and O–H groups in total. The summed E-state index contributed by atoms with van der Waals surface area (Å²) in [7, 11) is 0. The molecule has 1 aromatic rings. The monoisotopic (exact) mass is 440 g/mol. The number of aliphatic carboxylic acids is 1. The summed E-state index contributed by atoms with van der Waals surface area (Å²) >= 11 is 0. The zero-order chi connectivity index (χ0) is 22.4. The molecule has 1 unspecified atom stereocenters. The third-order valence-electron chi connectivity index (χ3n) is 6.21. The first-order valence-corrected chi connectivity index (χ1v) is 10.8. The number of carbonyl (C=O) groups is 1. The Labute approximate surface area is 180 Å². The lowest BCUT2D eigenvalue weighted by Crippen LogP contribution is -2.22. The van der Waals surface area contributed by atoms with Crippen LogP contribution in [0.2, 0.25) is 0 Å². The maximum absolute atomic E-state index is 13.6. The molecule has 0 spiro atoms. The van der Waals surface area contributed by atoms with Crippen molar-refractivity contribution in [1.29, 1.82) is 0 Å². The van der Waals surface area contributed by atoms with E-state index in [4.69, 9.17) is 14.6 Å². The largest absolute Gasteiger partial charge is 0.487 e. The Morgan fingerprint density at radius 2 is 2.13 bits per heavy atom. The van der Waals surface area contributed by atoms with Crippen molar-refractivity contribution in [3.8, 4) is 5.75 Å². The van der Waals surface area contributed by atoms with E-state index in [1.807, 2.05) is 0 Å². The highest BCUT2D eigenvalue weighted by atomic mass is 19.1. The van der Waals surface area contributed by atoms with Crippen LogP contribution in [0.25, 0.3) is 0 Å². The molecule has 2 aliphatic rings. The van der Waals surface area contributed by atoms with Gasteiger partial charge in [-0.25, -0.2) is 8.78 Å². The molecular formula is C23H30F2O6. The summed E-state index contributed by atoms with van der Waals surface area (Å²) in [5.74, 6) is -2.14. The fourth-order valence-corrected chi connectivity index (χ4v) is 4.56. The fraction of sp³-hybridized carbons (Fsp3) is 0.609. The molecular weight excluding hydrogens is 410 g/mol. The Morgan fingerprint density at radius 3 is 2.90 bits per heavy atom. The van der Waals surface area contributed by atoms with E-state index in [0.29, 0.717) is 25.4 Å². The predicted octanol–water partition coefficient (Wildman–Crippen LogP) is 3.31. The Hall–Kier alpha value is -2.03. The molecule has 172 valence electrons. The lowest BCUT2D eigenvalue weighted by atomic mass is 9.86. The second kappa shape index (κ2) is 11.0. The average Bonchev–Trinajstić information content (AvgIpc) is 2.88. The number of aliphatic hydroxyl groups is 2. The second-order valence-electron chi connectivity index (χ2n) is 8.48. The zero-order valence-electron chi connectivity index (χ0n) is 17.3. The van der Waals surface area contributed by atoms with Gasteiger partial charge in [0, 0.05) is 31.4 Å². The van der Waals surface area contributed by atoms with Crippen molar-refractivity contribution in [3.63, 3.8) is 0 Å². The van der Waals surface area contributed by atoms with E-state index >= 15 is 0 Å². The number of hydrogen-bond donors (Lipinski definition) is 3. The van der Waals surface area contributed by atoms with Gasteiger partial charge in [0.2, 0.25) is 0 Å². The normalized spacial score (nSPS) is 29.5. The van der Waals surface area contributed by atoms with Crippen LogP contribution in [0.15, 0.2) is 30.4 Å². The van der Waals surface area contributed by atoms with Crippen molar-refractivity contribution >= 4 is 5.97 Å². The van der Waals surface area contributed by atoms with Crippen LogP contribution in [-0.2, 0) is 9.53 Å². The molecule has 6 atom stereocenters. The molecule has 3 rings (SSSR count). The maximum atomic E-state index is 13.6. The van der Waals surface area contributed by atoms with Crippen LogP contribution in [0, 0.1) is 29.4 Å². The van der Waals surface area contributed by atoms with Crippen LogP contribution in [-0.4, -0.2) is 52.8 Å². The van der Waals surface area contributed by atoms with Gasteiger partial charge in [0.25, 0.3) is 0 Å². The molecule has 1 saturated heterocycles. The van der Waals surface area contributed by atoms with E-state index in [1.165, 1.54) is 6.08 Å². The average molecular weight is 440 g/mol. The van der Waals surface area contributed by atoms with Crippen molar-refractivity contribution in [1.82, 2.24) is 0 Å². The van der Waals surface area contributed by atoms with Gasteiger partial charge in [-0.15, -0.1) is 0 Å². The first kappa shape index (κ1) is 23.6. The van der Waals surface area contributed by atoms with Gasteiger partial charge in [0.15, 0.2) is 11.6 Å². The number of rotatable bonds is 9. The van der Waals surface area contributed by atoms with Crippen LogP contribution >= 0.6 is 0 Å². The van der Waals surface area contributed by atoms with Gasteiger partial charge < -0.3 is 24.8 Å². The van der Waals surface area contributed by atoms with Gasteiger partial charge in [-0.1, -0.05) is 12.2 Å². The minimum atomic E-state index is -1.04. The smallest absolute Gasteiger partial charge is 0.303 e. The van der Waals surface area contributed by atoms with Crippen LogP contribution in [0.5, 0.6) is 5.75 Å². The van der Waals surface area contributed by atoms with Crippen molar-refractivity contribution in [2.24, 2.45) is 17.8 Å². The van der Waals surface area contributed by atoms with Crippen LogP contribution in [0.3, 0.4) is 0 Å². The van der Waals surface area contributed by atoms with Crippen molar-refractivity contribution in [2.75, 3.05) is 13.2 Å². The topological polar surface area (TPSA) is 96.2 Å². The van der Waals surface area contributed by atoms with E-state index in [2.05, 4.69) is 0 Å². The summed E-state index contributed by atoms with van der Waals surface area (Å²) in [6, 6.07) is 2.87. The molecule has 0 radical (unpaired) electrons. The van der Waals surface area contributed by atoms with E-state index in [1.54, 1.807) is 6.08 Å². The Balaban J connectivity index is 1.51. The van der Waals surface area contributed by atoms with Crippen molar-refractivity contribution in [2.45, 2.75) is 56.8 Å². The summed E-state index contributed by atoms with van der Waals surface area (Å²) in [5, 5.41) is 29.4. The van der Waals surface area contributed by atoms with Crippen LogP contribution in [0.4, 0.5) is 8.78 Å². The van der Waals surface area contributed by atoms with Gasteiger partial charge in [-0.3, -0.25) is 4.79 Å². The number of hydrogen-bond acceptors (Lipinski definition) is 5. The number of ether oxygens (including phenoxy) is 2. The molecule has 0 bridgehead atoms. The van der Waals surface area contributed by atoms with Gasteiger partial charge in [-0.2, -0.15) is 0 Å². The molecule has 0 amide bonds. The maximum Gasteiger partial charge on any atom is 0.303 e. The van der Waals surface area contributed by atoms with Gasteiger partial charge in [-0.05, 0) is 49.7 Å². The number of benzene rings is 1.